The second-order valence-corrected chi connectivity index (χ2v) is 6.78. The molecule has 0 unspecified atom stereocenters. The molecule has 25 heavy (non-hydrogen) atoms. The number of piperidine rings is 1. The average molecular weight is 337 g/mol. The zero-order chi connectivity index (χ0) is 17.1. The molecule has 0 saturated carbocycles. The minimum Gasteiger partial charge on any atom is -0.341 e. The van der Waals surface area contributed by atoms with Crippen LogP contribution in [0, 0.1) is 5.92 Å². The van der Waals surface area contributed by atoms with E-state index in [-0.39, 0.29) is 12.0 Å². The molecule has 4 heterocycles. The Morgan fingerprint density at radius 3 is 2.40 bits per heavy atom. The normalized spacial score (nSPS) is 21.5. The molecule has 6 heteroatoms. The van der Waals surface area contributed by atoms with Crippen LogP contribution in [0.1, 0.15) is 37.3 Å². The van der Waals surface area contributed by atoms with Crippen molar-refractivity contribution in [1.82, 2.24) is 19.9 Å². The summed E-state index contributed by atoms with van der Waals surface area (Å²) in [4.78, 5) is 30.1. The number of amides is 1. The van der Waals surface area contributed by atoms with Crippen LogP contribution in [0.25, 0.3) is 0 Å². The number of nitrogens with zero attached hydrogens (tertiary/aromatic N) is 5. The molecular formula is C19H23N5O. The lowest BCUT2D eigenvalue weighted by molar-refractivity contribution is -0.137. The van der Waals surface area contributed by atoms with Crippen LogP contribution < -0.4 is 4.90 Å². The molecule has 0 N–H and O–H groups in total. The molecule has 2 aromatic heterocycles. The highest BCUT2D eigenvalue weighted by Gasteiger charge is 2.35. The number of carbonyl (C=O) groups is 1. The highest BCUT2D eigenvalue weighted by molar-refractivity contribution is 5.80. The van der Waals surface area contributed by atoms with Crippen LogP contribution in [0.3, 0.4) is 0 Å². The van der Waals surface area contributed by atoms with Gasteiger partial charge < -0.3 is 9.80 Å². The first-order valence-electron chi connectivity index (χ1n) is 9.05. The molecule has 2 aliphatic heterocycles. The Hall–Kier alpha value is -2.50. The second kappa shape index (κ2) is 7.17. The van der Waals surface area contributed by atoms with Crippen molar-refractivity contribution in [2.75, 3.05) is 24.5 Å². The topological polar surface area (TPSA) is 62.2 Å². The van der Waals surface area contributed by atoms with Crippen molar-refractivity contribution in [2.24, 2.45) is 5.92 Å². The molecule has 0 radical (unpaired) electrons. The molecular weight excluding hydrogens is 314 g/mol. The minimum atomic E-state index is 0.113. The van der Waals surface area contributed by atoms with Crippen molar-refractivity contribution in [3.8, 4) is 0 Å². The number of aromatic nitrogens is 3. The summed E-state index contributed by atoms with van der Waals surface area (Å²) in [6, 6.07) is 6.11. The highest BCUT2D eigenvalue weighted by atomic mass is 16.2. The summed E-state index contributed by atoms with van der Waals surface area (Å²) >= 11 is 0. The molecule has 0 bridgehead atoms. The molecule has 4 rings (SSSR count). The molecule has 0 aromatic carbocycles. The first kappa shape index (κ1) is 16.0. The maximum Gasteiger partial charge on any atom is 0.226 e. The van der Waals surface area contributed by atoms with Crippen molar-refractivity contribution in [3.05, 3.63) is 48.5 Å². The number of anilines is 1. The SMILES string of the molecule is O=C(C1CCN(c2ncccn2)CC1)N1CCC[C@H]1c1ccncc1. The smallest absolute Gasteiger partial charge is 0.226 e. The van der Waals surface area contributed by atoms with Crippen LogP contribution in [-0.4, -0.2) is 45.4 Å². The summed E-state index contributed by atoms with van der Waals surface area (Å²) in [6.45, 7) is 2.55. The van der Waals surface area contributed by atoms with E-state index < -0.39 is 0 Å². The summed E-state index contributed by atoms with van der Waals surface area (Å²) in [5, 5.41) is 0. The van der Waals surface area contributed by atoms with Crippen molar-refractivity contribution in [3.63, 3.8) is 0 Å². The Bertz CT molecular complexity index is 700. The molecule has 0 spiro atoms. The van der Waals surface area contributed by atoms with Crippen molar-refractivity contribution < 1.29 is 4.79 Å². The number of likely N-dealkylation sites (tertiary alicyclic amines) is 1. The molecule has 2 aliphatic rings. The van der Waals surface area contributed by atoms with Gasteiger partial charge in [-0.2, -0.15) is 0 Å². The lowest BCUT2D eigenvalue weighted by atomic mass is 9.94. The van der Waals surface area contributed by atoms with E-state index in [1.165, 1.54) is 5.56 Å². The van der Waals surface area contributed by atoms with Crippen LogP contribution in [0.4, 0.5) is 5.95 Å². The molecule has 2 saturated heterocycles. The van der Waals surface area contributed by atoms with Crippen LogP contribution in [0.15, 0.2) is 43.0 Å². The number of carbonyl (C=O) groups excluding carboxylic acids is 1. The highest BCUT2D eigenvalue weighted by Crippen LogP contribution is 2.34. The molecule has 0 aliphatic carbocycles. The fourth-order valence-corrected chi connectivity index (χ4v) is 3.98. The van der Waals surface area contributed by atoms with Crippen LogP contribution in [-0.2, 0) is 4.79 Å². The number of hydrogen-bond acceptors (Lipinski definition) is 5. The lowest BCUT2D eigenvalue weighted by Crippen LogP contribution is -2.42. The summed E-state index contributed by atoms with van der Waals surface area (Å²) in [5.74, 6) is 1.19. The third-order valence-electron chi connectivity index (χ3n) is 5.31. The van der Waals surface area contributed by atoms with Gasteiger partial charge in [0.1, 0.15) is 0 Å². The van der Waals surface area contributed by atoms with Crippen LogP contribution >= 0.6 is 0 Å². The average Bonchev–Trinajstić information content (AvgIpc) is 3.19. The van der Waals surface area contributed by atoms with Gasteiger partial charge in [0.25, 0.3) is 0 Å². The van der Waals surface area contributed by atoms with E-state index in [1.807, 2.05) is 30.6 Å². The minimum absolute atomic E-state index is 0.113. The quantitative estimate of drug-likeness (QED) is 0.861. The predicted molar refractivity (Wildman–Crippen MR) is 94.9 cm³/mol. The third kappa shape index (κ3) is 3.34. The zero-order valence-corrected chi connectivity index (χ0v) is 14.3. The Labute approximate surface area is 147 Å². The fourth-order valence-electron chi connectivity index (χ4n) is 3.98. The zero-order valence-electron chi connectivity index (χ0n) is 14.3. The Morgan fingerprint density at radius 2 is 1.68 bits per heavy atom. The number of pyridine rings is 1. The maximum atomic E-state index is 13.1. The summed E-state index contributed by atoms with van der Waals surface area (Å²) in [5.41, 5.74) is 1.20. The maximum absolute atomic E-state index is 13.1. The van der Waals surface area contributed by atoms with Gasteiger partial charge in [0, 0.05) is 50.3 Å². The first-order chi connectivity index (χ1) is 12.3. The van der Waals surface area contributed by atoms with E-state index in [0.29, 0.717) is 5.91 Å². The number of rotatable bonds is 3. The molecule has 2 aromatic rings. The van der Waals surface area contributed by atoms with Gasteiger partial charge in [-0.15, -0.1) is 0 Å². The monoisotopic (exact) mass is 337 g/mol. The Kier molecular flexibility index (Phi) is 4.59. The lowest BCUT2D eigenvalue weighted by Gasteiger charge is -2.35. The number of hydrogen-bond donors (Lipinski definition) is 0. The van der Waals surface area contributed by atoms with E-state index in [1.54, 1.807) is 12.4 Å². The van der Waals surface area contributed by atoms with Gasteiger partial charge in [-0.25, -0.2) is 9.97 Å². The van der Waals surface area contributed by atoms with Gasteiger partial charge in [-0.3, -0.25) is 9.78 Å². The Balaban J connectivity index is 1.40. The largest absolute Gasteiger partial charge is 0.341 e. The Morgan fingerprint density at radius 1 is 0.960 bits per heavy atom. The van der Waals surface area contributed by atoms with Crippen molar-refractivity contribution >= 4 is 11.9 Å². The molecule has 2 fully saturated rings. The van der Waals surface area contributed by atoms with Gasteiger partial charge in [0.2, 0.25) is 11.9 Å². The molecule has 6 nitrogen and oxygen atoms in total. The molecule has 130 valence electrons. The fraction of sp³-hybridized carbons (Fsp3) is 0.474. The van der Waals surface area contributed by atoms with E-state index in [2.05, 4.69) is 24.8 Å². The van der Waals surface area contributed by atoms with Crippen LogP contribution in [0.5, 0.6) is 0 Å². The summed E-state index contributed by atoms with van der Waals surface area (Å²) in [7, 11) is 0. The van der Waals surface area contributed by atoms with E-state index in [9.17, 15) is 4.79 Å². The van der Waals surface area contributed by atoms with E-state index >= 15 is 0 Å². The standard InChI is InChI=1S/C19H23N5O/c25-18(24-12-1-3-17(24)15-4-10-20-11-5-15)16-6-13-23(14-7-16)19-21-8-2-9-22-19/h2,4-5,8-11,16-17H,1,3,6-7,12-14H2/t17-/m0/s1. The van der Waals surface area contributed by atoms with Crippen molar-refractivity contribution in [1.29, 1.82) is 0 Å². The second-order valence-electron chi connectivity index (χ2n) is 6.78. The van der Waals surface area contributed by atoms with Gasteiger partial charge in [0.15, 0.2) is 0 Å². The van der Waals surface area contributed by atoms with Gasteiger partial charge in [-0.05, 0) is 49.4 Å². The van der Waals surface area contributed by atoms with Gasteiger partial charge in [-0.1, -0.05) is 0 Å². The van der Waals surface area contributed by atoms with Gasteiger partial charge >= 0.3 is 0 Å². The third-order valence-corrected chi connectivity index (χ3v) is 5.31. The van der Waals surface area contributed by atoms with Gasteiger partial charge in [0.05, 0.1) is 6.04 Å². The van der Waals surface area contributed by atoms with Crippen molar-refractivity contribution in [2.45, 2.75) is 31.7 Å². The molecule has 1 atom stereocenters. The first-order valence-corrected chi connectivity index (χ1v) is 9.05. The summed E-state index contributed by atoms with van der Waals surface area (Å²) < 4.78 is 0. The van der Waals surface area contributed by atoms with E-state index in [4.69, 9.17) is 0 Å². The predicted octanol–water partition coefficient (Wildman–Crippen LogP) is 2.45. The van der Waals surface area contributed by atoms with E-state index in [0.717, 1.165) is 51.3 Å². The summed E-state index contributed by atoms with van der Waals surface area (Å²) in [6.07, 6.45) is 11.0. The van der Waals surface area contributed by atoms with Crippen LogP contribution in [0.2, 0.25) is 0 Å². The molecule has 1 amide bonds.